The first-order valence-corrected chi connectivity index (χ1v) is 13.2. The van der Waals surface area contributed by atoms with Gasteiger partial charge in [0.25, 0.3) is 0 Å². The molecule has 5 rings (SSSR count). The Hall–Kier alpha value is -3.87. The zero-order valence-corrected chi connectivity index (χ0v) is 22.0. The standard InChI is InChI=1S/C31H33NO6/c1-18-28(31(35)38-22-8-4-5-9-22)29(20-12-14-23(15-13-20)37-19(2)33)30-25(32-18)16-21(17-26(30)34)24-10-6-7-11-27(24)36-3/h6-7,10-15,21-22,29,32H,4-5,8-9,16-17H2,1-3H3/t21-,29-/m1/s1. The molecular weight excluding hydrogens is 482 g/mol. The highest BCUT2D eigenvalue weighted by Crippen LogP contribution is 2.47. The summed E-state index contributed by atoms with van der Waals surface area (Å²) in [7, 11) is 1.64. The van der Waals surface area contributed by atoms with E-state index in [2.05, 4.69) is 5.32 Å². The molecule has 7 nitrogen and oxygen atoms in total. The number of allylic oxidation sites excluding steroid dienone is 3. The van der Waals surface area contributed by atoms with Crippen LogP contribution < -0.4 is 14.8 Å². The van der Waals surface area contributed by atoms with Gasteiger partial charge in [-0.2, -0.15) is 0 Å². The van der Waals surface area contributed by atoms with Crippen LogP contribution in [0.3, 0.4) is 0 Å². The molecule has 0 aromatic heterocycles. The first-order chi connectivity index (χ1) is 18.4. The Morgan fingerprint density at radius 3 is 2.37 bits per heavy atom. The van der Waals surface area contributed by atoms with Crippen molar-refractivity contribution in [3.63, 3.8) is 0 Å². The third-order valence-corrected chi connectivity index (χ3v) is 7.68. The van der Waals surface area contributed by atoms with E-state index >= 15 is 0 Å². The predicted molar refractivity (Wildman–Crippen MR) is 142 cm³/mol. The average molecular weight is 516 g/mol. The number of nitrogens with one attached hydrogen (secondary N) is 1. The van der Waals surface area contributed by atoms with E-state index in [0.717, 1.165) is 48.3 Å². The minimum absolute atomic E-state index is 0.0117. The van der Waals surface area contributed by atoms with Gasteiger partial charge in [0.05, 0.1) is 12.7 Å². The average Bonchev–Trinajstić information content (AvgIpc) is 3.40. The molecule has 0 unspecified atom stereocenters. The maximum Gasteiger partial charge on any atom is 0.337 e. The Bertz CT molecular complexity index is 1320. The molecule has 0 amide bonds. The number of Topliss-reactive ketones (excluding diaryl/α,β-unsaturated/α-hetero) is 1. The molecule has 1 aliphatic heterocycles. The minimum Gasteiger partial charge on any atom is -0.496 e. The fourth-order valence-electron chi connectivity index (χ4n) is 5.98. The highest BCUT2D eigenvalue weighted by Gasteiger charge is 2.42. The molecule has 1 fully saturated rings. The van der Waals surface area contributed by atoms with Crippen LogP contribution in [-0.2, 0) is 19.1 Å². The minimum atomic E-state index is -0.572. The second-order valence-corrected chi connectivity index (χ2v) is 10.2. The number of rotatable bonds is 6. The molecule has 2 aromatic rings. The molecule has 38 heavy (non-hydrogen) atoms. The SMILES string of the molecule is COc1ccccc1[C@H]1CC(=O)C2=C(C1)NC(C)=C(C(=O)OC1CCCC1)[C@H]2c1ccc(OC(C)=O)cc1. The fraction of sp³-hybridized carbons (Fsp3) is 0.387. The van der Waals surface area contributed by atoms with Crippen LogP contribution in [0.4, 0.5) is 0 Å². The molecule has 1 heterocycles. The molecule has 0 spiro atoms. The lowest BCUT2D eigenvalue weighted by Gasteiger charge is -2.37. The van der Waals surface area contributed by atoms with Crippen LogP contribution in [0.1, 0.15) is 75.3 Å². The van der Waals surface area contributed by atoms with Crippen molar-refractivity contribution in [1.82, 2.24) is 5.32 Å². The van der Waals surface area contributed by atoms with Crippen LogP contribution in [0.5, 0.6) is 11.5 Å². The van der Waals surface area contributed by atoms with Crippen molar-refractivity contribution in [3.05, 3.63) is 82.2 Å². The number of carbonyl (C=O) groups is 3. The quantitative estimate of drug-likeness (QED) is 0.403. The Morgan fingerprint density at radius 2 is 1.68 bits per heavy atom. The van der Waals surface area contributed by atoms with Crippen molar-refractivity contribution in [2.45, 2.75) is 70.3 Å². The van der Waals surface area contributed by atoms with Gasteiger partial charge in [0.1, 0.15) is 17.6 Å². The van der Waals surface area contributed by atoms with Crippen LogP contribution in [0, 0.1) is 0 Å². The summed E-state index contributed by atoms with van der Waals surface area (Å²) in [6, 6.07) is 14.8. The molecule has 0 bridgehead atoms. The van der Waals surface area contributed by atoms with Gasteiger partial charge in [0.2, 0.25) is 0 Å². The normalized spacial score (nSPS) is 21.6. The number of methoxy groups -OCH3 is 1. The Kier molecular flexibility index (Phi) is 7.36. The zero-order valence-electron chi connectivity index (χ0n) is 22.0. The Labute approximate surface area is 222 Å². The van der Waals surface area contributed by atoms with Crippen molar-refractivity contribution in [1.29, 1.82) is 0 Å². The van der Waals surface area contributed by atoms with Gasteiger partial charge >= 0.3 is 11.9 Å². The van der Waals surface area contributed by atoms with Crippen molar-refractivity contribution in [3.8, 4) is 11.5 Å². The lowest BCUT2D eigenvalue weighted by atomic mass is 9.71. The molecule has 3 aliphatic rings. The summed E-state index contributed by atoms with van der Waals surface area (Å²) < 4.78 is 16.7. The predicted octanol–water partition coefficient (Wildman–Crippen LogP) is 5.47. The summed E-state index contributed by atoms with van der Waals surface area (Å²) in [5, 5.41) is 3.41. The van der Waals surface area contributed by atoms with E-state index in [-0.39, 0.29) is 23.8 Å². The van der Waals surface area contributed by atoms with Crippen LogP contribution in [0.15, 0.2) is 71.1 Å². The monoisotopic (exact) mass is 515 g/mol. The number of para-hydroxylation sites is 1. The number of ketones is 1. The van der Waals surface area contributed by atoms with Gasteiger partial charge in [-0.15, -0.1) is 0 Å². The molecule has 198 valence electrons. The van der Waals surface area contributed by atoms with E-state index in [9.17, 15) is 14.4 Å². The van der Waals surface area contributed by atoms with Gasteiger partial charge in [-0.05, 0) is 68.4 Å². The van der Waals surface area contributed by atoms with Gasteiger partial charge in [0.15, 0.2) is 5.78 Å². The summed E-state index contributed by atoms with van der Waals surface area (Å²) in [6.45, 7) is 3.21. The number of esters is 2. The van der Waals surface area contributed by atoms with E-state index in [0.29, 0.717) is 35.4 Å². The van der Waals surface area contributed by atoms with Gasteiger partial charge in [-0.25, -0.2) is 4.79 Å². The molecule has 0 saturated heterocycles. The molecule has 2 aliphatic carbocycles. The van der Waals surface area contributed by atoms with E-state index in [1.54, 1.807) is 19.2 Å². The molecule has 1 N–H and O–H groups in total. The van der Waals surface area contributed by atoms with Gasteiger partial charge in [0, 0.05) is 42.1 Å². The summed E-state index contributed by atoms with van der Waals surface area (Å²) in [6.07, 6.45) is 4.66. The van der Waals surface area contributed by atoms with E-state index in [4.69, 9.17) is 14.2 Å². The van der Waals surface area contributed by atoms with Crippen molar-refractivity contribution < 1.29 is 28.6 Å². The second kappa shape index (κ2) is 10.9. The summed E-state index contributed by atoms with van der Waals surface area (Å²) in [4.78, 5) is 38.8. The molecule has 1 saturated carbocycles. The van der Waals surface area contributed by atoms with E-state index in [1.807, 2.05) is 43.3 Å². The number of dihydropyridines is 1. The fourth-order valence-corrected chi connectivity index (χ4v) is 5.98. The third kappa shape index (κ3) is 5.10. The summed E-state index contributed by atoms with van der Waals surface area (Å²) >= 11 is 0. The lowest BCUT2D eigenvalue weighted by molar-refractivity contribution is -0.144. The summed E-state index contributed by atoms with van der Waals surface area (Å²) in [5.41, 5.74) is 4.33. The van der Waals surface area contributed by atoms with Gasteiger partial charge in [-0.3, -0.25) is 9.59 Å². The molecule has 7 heteroatoms. The van der Waals surface area contributed by atoms with E-state index in [1.165, 1.54) is 6.92 Å². The molecule has 2 aromatic carbocycles. The van der Waals surface area contributed by atoms with Crippen LogP contribution in [-0.4, -0.2) is 30.9 Å². The molecule has 0 radical (unpaired) electrons. The van der Waals surface area contributed by atoms with Crippen LogP contribution >= 0.6 is 0 Å². The smallest absolute Gasteiger partial charge is 0.337 e. The number of hydrogen-bond acceptors (Lipinski definition) is 7. The molecule has 2 atom stereocenters. The van der Waals surface area contributed by atoms with Crippen molar-refractivity contribution >= 4 is 17.7 Å². The number of hydrogen-bond donors (Lipinski definition) is 1. The number of benzene rings is 2. The van der Waals surface area contributed by atoms with Crippen molar-refractivity contribution in [2.75, 3.05) is 7.11 Å². The lowest BCUT2D eigenvalue weighted by Crippen LogP contribution is -2.36. The Balaban J connectivity index is 1.54. The Morgan fingerprint density at radius 1 is 0.974 bits per heavy atom. The highest BCUT2D eigenvalue weighted by molar-refractivity contribution is 6.04. The topological polar surface area (TPSA) is 90.9 Å². The van der Waals surface area contributed by atoms with Gasteiger partial charge < -0.3 is 19.5 Å². The zero-order chi connectivity index (χ0) is 26.8. The second-order valence-electron chi connectivity index (χ2n) is 10.2. The maximum absolute atomic E-state index is 13.8. The first-order valence-electron chi connectivity index (χ1n) is 13.2. The maximum atomic E-state index is 13.8. The highest BCUT2D eigenvalue weighted by atomic mass is 16.5. The number of ether oxygens (including phenoxy) is 3. The van der Waals surface area contributed by atoms with Crippen molar-refractivity contribution in [2.24, 2.45) is 0 Å². The van der Waals surface area contributed by atoms with E-state index < -0.39 is 11.9 Å². The van der Waals surface area contributed by atoms with Gasteiger partial charge in [-0.1, -0.05) is 30.3 Å². The third-order valence-electron chi connectivity index (χ3n) is 7.68. The van der Waals surface area contributed by atoms with Crippen LogP contribution in [0.2, 0.25) is 0 Å². The summed E-state index contributed by atoms with van der Waals surface area (Å²) in [5.74, 6) is -0.257. The number of carbonyl (C=O) groups excluding carboxylic acids is 3. The molecular formula is C31H33NO6. The largest absolute Gasteiger partial charge is 0.496 e. The first kappa shape index (κ1) is 25.8. The van der Waals surface area contributed by atoms with Crippen LogP contribution in [0.25, 0.3) is 0 Å².